The van der Waals surface area contributed by atoms with Crippen molar-refractivity contribution in [1.82, 2.24) is 0 Å². The lowest BCUT2D eigenvalue weighted by Gasteiger charge is -2.40. The second-order valence-electron chi connectivity index (χ2n) is 11.0. The van der Waals surface area contributed by atoms with Crippen molar-refractivity contribution in [1.29, 1.82) is 0 Å². The molecule has 3 aliphatic rings. The summed E-state index contributed by atoms with van der Waals surface area (Å²) >= 11 is 0. The molecule has 4 rings (SSSR count). The van der Waals surface area contributed by atoms with E-state index in [0.29, 0.717) is 24.7 Å². The molecule has 33 heavy (non-hydrogen) atoms. The van der Waals surface area contributed by atoms with E-state index in [2.05, 4.69) is 37.5 Å². The highest BCUT2D eigenvalue weighted by atomic mass is 16.3. The molecule has 3 N–H and O–H groups in total. The molecule has 3 aliphatic carbocycles. The van der Waals surface area contributed by atoms with E-state index in [4.69, 9.17) is 0 Å². The van der Waals surface area contributed by atoms with Crippen LogP contribution in [-0.4, -0.2) is 27.5 Å². The smallest absolute Gasteiger partial charge is 0.0840 e. The third kappa shape index (κ3) is 5.04. The van der Waals surface area contributed by atoms with Crippen LogP contribution in [-0.2, 0) is 5.60 Å². The number of rotatable bonds is 2. The number of hydrogen-bond acceptors (Lipinski definition) is 3. The third-order valence-corrected chi connectivity index (χ3v) is 8.19. The van der Waals surface area contributed by atoms with Crippen LogP contribution in [0.25, 0.3) is 0 Å². The predicted molar refractivity (Wildman–Crippen MR) is 133 cm³/mol. The first kappa shape index (κ1) is 24.0. The number of benzene rings is 1. The first-order valence-electron chi connectivity index (χ1n) is 12.4. The molecule has 0 unspecified atom stereocenters. The van der Waals surface area contributed by atoms with E-state index in [-0.39, 0.29) is 5.41 Å². The summed E-state index contributed by atoms with van der Waals surface area (Å²) in [6.07, 6.45) is 9.88. The highest BCUT2D eigenvalue weighted by Gasteiger charge is 2.48. The van der Waals surface area contributed by atoms with Gasteiger partial charge in [0.2, 0.25) is 0 Å². The van der Waals surface area contributed by atoms with Gasteiger partial charge in [-0.25, -0.2) is 0 Å². The van der Waals surface area contributed by atoms with Crippen LogP contribution in [0.3, 0.4) is 0 Å². The van der Waals surface area contributed by atoms with Gasteiger partial charge in [-0.1, -0.05) is 55.2 Å². The van der Waals surface area contributed by atoms with Crippen molar-refractivity contribution in [3.8, 4) is 11.8 Å². The van der Waals surface area contributed by atoms with Gasteiger partial charge in [0.05, 0.1) is 17.8 Å². The van der Waals surface area contributed by atoms with E-state index >= 15 is 0 Å². The maximum Gasteiger partial charge on any atom is 0.0840 e. The summed E-state index contributed by atoms with van der Waals surface area (Å²) in [4.78, 5) is 0. The molecule has 0 bridgehead atoms. The fourth-order valence-electron chi connectivity index (χ4n) is 6.09. The molecule has 0 aliphatic heterocycles. The second kappa shape index (κ2) is 9.26. The molecule has 3 heteroatoms. The topological polar surface area (TPSA) is 60.7 Å². The van der Waals surface area contributed by atoms with Crippen molar-refractivity contribution in [2.75, 3.05) is 0 Å². The largest absolute Gasteiger partial charge is 0.393 e. The first-order valence-corrected chi connectivity index (χ1v) is 12.4. The summed E-state index contributed by atoms with van der Waals surface area (Å²) in [6, 6.07) is 7.94. The first-order chi connectivity index (χ1) is 15.6. The van der Waals surface area contributed by atoms with Gasteiger partial charge in [-0.2, -0.15) is 0 Å². The maximum absolute atomic E-state index is 10.3. The van der Waals surface area contributed by atoms with Gasteiger partial charge in [0.25, 0.3) is 0 Å². The molecule has 3 nitrogen and oxygen atoms in total. The summed E-state index contributed by atoms with van der Waals surface area (Å²) in [5, 5.41) is 30.5. The quantitative estimate of drug-likeness (QED) is 0.533. The lowest BCUT2D eigenvalue weighted by atomic mass is 9.63. The van der Waals surface area contributed by atoms with Crippen molar-refractivity contribution in [2.45, 2.75) is 83.5 Å². The lowest BCUT2D eigenvalue weighted by Crippen LogP contribution is -2.32. The van der Waals surface area contributed by atoms with Crippen LogP contribution in [0.5, 0.6) is 0 Å². The van der Waals surface area contributed by atoms with E-state index in [1.807, 2.05) is 24.3 Å². The number of hydrogen-bond donors (Lipinski definition) is 3. The Hall–Kier alpha value is -2.12. The average molecular weight is 447 g/mol. The van der Waals surface area contributed by atoms with E-state index in [1.165, 1.54) is 18.4 Å². The molecule has 176 valence electrons. The van der Waals surface area contributed by atoms with E-state index in [9.17, 15) is 15.3 Å². The van der Waals surface area contributed by atoms with Gasteiger partial charge in [-0.3, -0.25) is 0 Å². The summed E-state index contributed by atoms with van der Waals surface area (Å²) < 4.78 is 0. The Morgan fingerprint density at radius 2 is 1.97 bits per heavy atom. The third-order valence-electron chi connectivity index (χ3n) is 8.19. The Balaban J connectivity index is 1.54. The average Bonchev–Trinajstić information content (AvgIpc) is 3.10. The Morgan fingerprint density at radius 3 is 2.73 bits per heavy atom. The summed E-state index contributed by atoms with van der Waals surface area (Å²) in [5.41, 5.74) is 4.36. The molecule has 5 atom stereocenters. The van der Waals surface area contributed by atoms with Crippen LogP contribution >= 0.6 is 0 Å². The highest BCUT2D eigenvalue weighted by Crippen LogP contribution is 2.57. The minimum absolute atomic E-state index is 0.173. The molecule has 1 aromatic carbocycles. The van der Waals surface area contributed by atoms with E-state index < -0.39 is 17.8 Å². The molecule has 0 spiro atoms. The van der Waals surface area contributed by atoms with E-state index in [1.54, 1.807) is 13.8 Å². The summed E-state index contributed by atoms with van der Waals surface area (Å²) in [5.74, 6) is 7.90. The van der Waals surface area contributed by atoms with Gasteiger partial charge in [-0.15, -0.1) is 0 Å². The van der Waals surface area contributed by atoms with Gasteiger partial charge < -0.3 is 15.3 Å². The van der Waals surface area contributed by atoms with Crippen LogP contribution in [0.15, 0.2) is 59.7 Å². The molecule has 0 radical (unpaired) electrons. The zero-order chi connectivity index (χ0) is 23.8. The maximum atomic E-state index is 10.3. The SMILES string of the molecule is C=C1/C(=C\C=C2/CCC[C@]3(C)[C@@H](C#Cc4cccc(C(C)(C)O)c4)CC[C@@H]23)C[C@@H](O)C[C@@H]1O. The molecule has 1 aromatic rings. The molecular weight excluding hydrogens is 408 g/mol. The zero-order valence-corrected chi connectivity index (χ0v) is 20.3. The fourth-order valence-corrected chi connectivity index (χ4v) is 6.09. The van der Waals surface area contributed by atoms with Gasteiger partial charge in [0.1, 0.15) is 0 Å². The van der Waals surface area contributed by atoms with Crippen LogP contribution < -0.4 is 0 Å². The van der Waals surface area contributed by atoms with Gasteiger partial charge >= 0.3 is 0 Å². The minimum atomic E-state index is -0.866. The van der Waals surface area contributed by atoms with Crippen molar-refractivity contribution >= 4 is 0 Å². The van der Waals surface area contributed by atoms with Crippen molar-refractivity contribution in [3.63, 3.8) is 0 Å². The molecule has 0 saturated heterocycles. The molecule has 0 amide bonds. The van der Waals surface area contributed by atoms with Crippen LogP contribution in [0.1, 0.15) is 76.8 Å². The minimum Gasteiger partial charge on any atom is -0.393 e. The Bertz CT molecular complexity index is 1030. The zero-order valence-electron chi connectivity index (χ0n) is 20.3. The summed E-state index contributed by atoms with van der Waals surface area (Å²) in [6.45, 7) is 10.1. The van der Waals surface area contributed by atoms with Crippen molar-refractivity contribution in [3.05, 3.63) is 70.8 Å². The lowest BCUT2D eigenvalue weighted by molar-refractivity contribution is 0.0785. The molecular formula is C30H38O3. The standard InChI is InChI=1S/C30H38O3/c1-20-23(18-26(31)19-28(20)32)12-11-22-8-6-16-30(4)24(14-15-27(22)30)13-10-21-7-5-9-25(17-21)29(2,3)33/h5,7,9,11-12,17,24,26-28,31-33H,1,6,8,14-16,18-19H2,2-4H3/b22-11+,23-12-/t24-,26+,27-,28-,30+/m0/s1. The molecule has 3 fully saturated rings. The van der Waals surface area contributed by atoms with Crippen LogP contribution in [0.2, 0.25) is 0 Å². The van der Waals surface area contributed by atoms with Gasteiger partial charge in [0, 0.05) is 17.9 Å². The van der Waals surface area contributed by atoms with Gasteiger partial charge in [-0.05, 0) is 92.5 Å². The summed E-state index contributed by atoms with van der Waals surface area (Å²) in [7, 11) is 0. The molecule has 0 heterocycles. The second-order valence-corrected chi connectivity index (χ2v) is 11.0. The monoisotopic (exact) mass is 446 g/mol. The fraction of sp³-hybridized carbons (Fsp3) is 0.533. The number of aliphatic hydroxyl groups is 3. The Labute approximate surface area is 198 Å². The Morgan fingerprint density at radius 1 is 1.18 bits per heavy atom. The van der Waals surface area contributed by atoms with Crippen molar-refractivity contribution < 1.29 is 15.3 Å². The molecule has 3 saturated carbocycles. The number of allylic oxidation sites excluding steroid dienone is 3. The van der Waals surface area contributed by atoms with Crippen LogP contribution in [0.4, 0.5) is 0 Å². The Kier molecular flexibility index (Phi) is 6.74. The number of fused-ring (bicyclic) bond motifs is 1. The molecule has 0 aromatic heterocycles. The number of aliphatic hydroxyl groups excluding tert-OH is 2. The van der Waals surface area contributed by atoms with Crippen LogP contribution in [0, 0.1) is 29.1 Å². The predicted octanol–water partition coefficient (Wildman–Crippen LogP) is 5.41. The highest BCUT2D eigenvalue weighted by molar-refractivity contribution is 5.41. The van der Waals surface area contributed by atoms with E-state index in [0.717, 1.165) is 41.5 Å². The van der Waals surface area contributed by atoms with Gasteiger partial charge in [0.15, 0.2) is 0 Å². The normalized spacial score (nSPS) is 34.8. The van der Waals surface area contributed by atoms with Crippen molar-refractivity contribution in [2.24, 2.45) is 17.3 Å².